The highest BCUT2D eigenvalue weighted by molar-refractivity contribution is 4.43. The van der Waals surface area contributed by atoms with Crippen LogP contribution in [0.25, 0.3) is 0 Å². The van der Waals surface area contributed by atoms with E-state index in [0.29, 0.717) is 6.61 Å². The Hall–Kier alpha value is -0.0800. The molecule has 0 aromatic heterocycles. The number of hydrogen-bond donors (Lipinski definition) is 1. The lowest BCUT2D eigenvalue weighted by atomic mass is 10.7. The van der Waals surface area contributed by atoms with Gasteiger partial charge in [-0.3, -0.25) is 5.32 Å². The molecule has 1 N–H and O–H groups in total. The van der Waals surface area contributed by atoms with E-state index in [1.54, 1.807) is 0 Å². The van der Waals surface area contributed by atoms with Crippen LogP contribution >= 0.6 is 0 Å². The zero-order valence-corrected chi connectivity index (χ0v) is 2.90. The van der Waals surface area contributed by atoms with Gasteiger partial charge in [0, 0.05) is 6.54 Å². The van der Waals surface area contributed by atoms with Gasteiger partial charge in [-0.1, -0.05) is 0 Å². The number of hydrogen-bond acceptors (Lipinski definition) is 2. The Morgan fingerprint density at radius 2 is 3.00 bits per heavy atom. The van der Waals surface area contributed by atoms with Gasteiger partial charge in [0.15, 0.2) is 0 Å². The van der Waals surface area contributed by atoms with Crippen molar-refractivity contribution >= 4 is 0 Å². The van der Waals surface area contributed by atoms with Crippen LogP contribution < -0.4 is 5.32 Å². The zero-order chi connectivity index (χ0) is 4.41. The molecular formula is C3H7NO. The van der Waals surface area contributed by atoms with Crippen molar-refractivity contribution in [3.05, 3.63) is 0 Å². The third kappa shape index (κ3) is 0.597. The molecule has 1 heterocycles. The SMILES string of the molecule is [3H]C1NCCO1. The monoisotopic (exact) mass is 75.1 g/mol. The van der Waals surface area contributed by atoms with Crippen LogP contribution in [0.5, 0.6) is 0 Å². The molecule has 2 nitrogen and oxygen atoms in total. The molecule has 1 atom stereocenters. The van der Waals surface area contributed by atoms with Crippen LogP contribution in [-0.4, -0.2) is 19.9 Å². The molecule has 30 valence electrons. The van der Waals surface area contributed by atoms with Crippen molar-refractivity contribution in [3.63, 3.8) is 0 Å². The first-order chi connectivity index (χ1) is 2.89. The molecule has 1 aliphatic heterocycles. The summed E-state index contributed by atoms with van der Waals surface area (Å²) in [5, 5.41) is 2.76. The van der Waals surface area contributed by atoms with Crippen molar-refractivity contribution in [2.24, 2.45) is 0 Å². The van der Waals surface area contributed by atoms with Crippen molar-refractivity contribution in [1.29, 1.82) is 0 Å². The topological polar surface area (TPSA) is 21.3 Å². The molecular weight excluding hydrogens is 66.0 g/mol. The number of ether oxygens (including phenoxy) is 1. The van der Waals surface area contributed by atoms with Gasteiger partial charge >= 0.3 is 0 Å². The van der Waals surface area contributed by atoms with Crippen LogP contribution in [0.3, 0.4) is 0 Å². The van der Waals surface area contributed by atoms with Gasteiger partial charge in [0.2, 0.25) is 0 Å². The molecule has 0 aliphatic carbocycles. The quantitative estimate of drug-likeness (QED) is 0.421. The largest absolute Gasteiger partial charge is 0.365 e. The molecule has 0 aromatic rings. The molecule has 0 saturated carbocycles. The summed E-state index contributed by atoms with van der Waals surface area (Å²) in [6.07, 6.45) is 0. The van der Waals surface area contributed by atoms with Crippen LogP contribution in [0.4, 0.5) is 0 Å². The zero-order valence-electron chi connectivity index (χ0n) is 3.90. The first-order valence-corrected chi connectivity index (χ1v) is 1.67. The first-order valence-electron chi connectivity index (χ1n) is 2.24. The second-order valence-electron chi connectivity index (χ2n) is 0.943. The van der Waals surface area contributed by atoms with Gasteiger partial charge in [-0.25, -0.2) is 0 Å². The minimum atomic E-state index is -0.454. The van der Waals surface area contributed by atoms with Crippen LogP contribution in [0, 0.1) is 0 Å². The lowest BCUT2D eigenvalue weighted by Crippen LogP contribution is -2.05. The van der Waals surface area contributed by atoms with Crippen LogP contribution in [-0.2, 0) is 4.74 Å². The van der Waals surface area contributed by atoms with Crippen LogP contribution in [0.1, 0.15) is 1.37 Å². The standard InChI is InChI=1S/C3H7NO/c1-2-5-3-4-1/h4H,1-3H2/i3T. The highest BCUT2D eigenvalue weighted by Crippen LogP contribution is 1.75. The van der Waals surface area contributed by atoms with Gasteiger partial charge in [0.1, 0.15) is 0 Å². The normalized spacial score (nSPS) is 41.6. The summed E-state index contributed by atoms with van der Waals surface area (Å²) >= 11 is 0. The average molecular weight is 75.1 g/mol. The third-order valence-electron chi connectivity index (χ3n) is 0.531. The van der Waals surface area contributed by atoms with E-state index in [-0.39, 0.29) is 0 Å². The molecule has 1 unspecified atom stereocenters. The highest BCUT2D eigenvalue weighted by Gasteiger charge is 1.92. The lowest BCUT2D eigenvalue weighted by molar-refractivity contribution is 0.194. The molecule has 1 fully saturated rings. The lowest BCUT2D eigenvalue weighted by Gasteiger charge is -1.76. The number of rotatable bonds is 0. The van der Waals surface area contributed by atoms with Crippen molar-refractivity contribution in [2.75, 3.05) is 19.9 Å². The minimum Gasteiger partial charge on any atom is -0.365 e. The fraction of sp³-hybridized carbons (Fsp3) is 1.00. The van der Waals surface area contributed by atoms with Crippen molar-refractivity contribution in [2.45, 2.75) is 0 Å². The van der Waals surface area contributed by atoms with Crippen LogP contribution in [0.2, 0.25) is 0 Å². The van der Waals surface area contributed by atoms with Crippen LogP contribution in [0.15, 0.2) is 0 Å². The highest BCUT2D eigenvalue weighted by atomic mass is 16.5. The Morgan fingerprint density at radius 1 is 2.00 bits per heavy atom. The molecule has 0 amide bonds. The minimum absolute atomic E-state index is 0.454. The van der Waals surface area contributed by atoms with Gasteiger partial charge in [0.25, 0.3) is 0 Å². The van der Waals surface area contributed by atoms with E-state index >= 15 is 0 Å². The second kappa shape index (κ2) is 1.38. The first kappa shape index (κ1) is 2.16. The van der Waals surface area contributed by atoms with Gasteiger partial charge < -0.3 is 4.74 Å². The maximum absolute atomic E-state index is 6.80. The molecule has 1 rings (SSSR count). The summed E-state index contributed by atoms with van der Waals surface area (Å²) in [5.41, 5.74) is 0. The van der Waals surface area contributed by atoms with E-state index in [1.165, 1.54) is 0 Å². The van der Waals surface area contributed by atoms with E-state index < -0.39 is 6.71 Å². The Labute approximate surface area is 32.5 Å². The van der Waals surface area contributed by atoms with E-state index in [9.17, 15) is 0 Å². The van der Waals surface area contributed by atoms with Crippen molar-refractivity contribution in [1.82, 2.24) is 5.32 Å². The molecule has 0 aromatic carbocycles. The van der Waals surface area contributed by atoms with E-state index in [0.717, 1.165) is 6.54 Å². The Kier molecular flexibility index (Phi) is 0.596. The Balaban J connectivity index is 2.18. The molecule has 1 aliphatic rings. The molecule has 0 bridgehead atoms. The molecule has 0 radical (unpaired) electrons. The Bertz CT molecular complexity index is 44.1. The van der Waals surface area contributed by atoms with Gasteiger partial charge in [0.05, 0.1) is 14.7 Å². The van der Waals surface area contributed by atoms with Gasteiger partial charge in [-0.05, 0) is 0 Å². The third-order valence-corrected chi connectivity index (χ3v) is 0.531. The molecule has 2 heteroatoms. The summed E-state index contributed by atoms with van der Waals surface area (Å²) in [6.45, 7) is 1.06. The van der Waals surface area contributed by atoms with E-state index in [4.69, 9.17) is 6.11 Å². The fourth-order valence-corrected chi connectivity index (χ4v) is 0.295. The van der Waals surface area contributed by atoms with Gasteiger partial charge in [-0.15, -0.1) is 0 Å². The fourth-order valence-electron chi connectivity index (χ4n) is 0.295. The molecule has 0 spiro atoms. The van der Waals surface area contributed by atoms with Crippen molar-refractivity contribution < 1.29 is 6.11 Å². The second-order valence-corrected chi connectivity index (χ2v) is 0.943. The smallest absolute Gasteiger partial charge is 0.0966 e. The summed E-state index contributed by atoms with van der Waals surface area (Å²) < 4.78 is 11.5. The van der Waals surface area contributed by atoms with E-state index in [1.807, 2.05) is 0 Å². The predicted octanol–water partition coefficient (Wildman–Crippen LogP) is -0.436. The predicted molar refractivity (Wildman–Crippen MR) is 18.8 cm³/mol. The summed E-state index contributed by atoms with van der Waals surface area (Å²) in [7, 11) is 0. The Morgan fingerprint density at radius 3 is 3.20 bits per heavy atom. The van der Waals surface area contributed by atoms with Crippen molar-refractivity contribution in [3.8, 4) is 0 Å². The van der Waals surface area contributed by atoms with Gasteiger partial charge in [-0.2, -0.15) is 0 Å². The molecule has 5 heavy (non-hydrogen) atoms. The van der Waals surface area contributed by atoms with E-state index in [2.05, 4.69) is 5.32 Å². The average Bonchev–Trinajstić information content (AvgIpc) is 1.86. The summed E-state index contributed by atoms with van der Waals surface area (Å²) in [6, 6.07) is 0. The summed E-state index contributed by atoms with van der Waals surface area (Å²) in [5.74, 6) is 0. The molecule has 1 saturated heterocycles. The summed E-state index contributed by atoms with van der Waals surface area (Å²) in [4.78, 5) is 0. The number of nitrogens with one attached hydrogen (secondary N) is 1. The maximum atomic E-state index is 6.80. The maximum Gasteiger partial charge on any atom is 0.0966 e.